The number of hydrogen-bond acceptors (Lipinski definition) is 2. The summed E-state index contributed by atoms with van der Waals surface area (Å²) in [5.41, 5.74) is 16.0. The molecule has 0 spiro atoms. The molecular formula is C61H46N4. The zero-order chi connectivity index (χ0) is 42.4. The lowest BCUT2D eigenvalue weighted by Crippen LogP contribution is -2.10. The van der Waals surface area contributed by atoms with Crippen molar-refractivity contribution >= 4 is 77.7 Å². The smallest absolute Gasteiger partial charge is 0.0542 e. The highest BCUT2D eigenvalue weighted by atomic mass is 15.1. The zero-order valence-corrected chi connectivity index (χ0v) is 35.0. The maximum Gasteiger partial charge on any atom is 0.0542 e. The molecule has 12 aromatic rings. The van der Waals surface area contributed by atoms with Crippen LogP contribution in [0.5, 0.6) is 0 Å². The van der Waals surface area contributed by atoms with Gasteiger partial charge in [-0.2, -0.15) is 0 Å². The summed E-state index contributed by atoms with van der Waals surface area (Å²) in [7, 11) is 0. The topological polar surface area (TPSA) is 16.3 Å². The van der Waals surface area contributed by atoms with Crippen molar-refractivity contribution < 1.29 is 0 Å². The summed E-state index contributed by atoms with van der Waals surface area (Å²) in [6.07, 6.45) is 0. The first-order valence-electron chi connectivity index (χ1n) is 21.8. The van der Waals surface area contributed by atoms with Gasteiger partial charge < -0.3 is 18.9 Å². The molecule has 0 atom stereocenters. The number of benzene rings is 10. The quantitative estimate of drug-likeness (QED) is 0.144. The summed E-state index contributed by atoms with van der Waals surface area (Å²) in [5.74, 6) is 0. The molecule has 0 unspecified atom stereocenters. The second-order valence-electron chi connectivity index (χ2n) is 16.2. The van der Waals surface area contributed by atoms with E-state index in [1.165, 1.54) is 43.6 Å². The van der Waals surface area contributed by atoms with Crippen molar-refractivity contribution in [1.82, 2.24) is 9.13 Å². The van der Waals surface area contributed by atoms with Crippen molar-refractivity contribution in [3.63, 3.8) is 0 Å². The molecular weight excluding hydrogens is 789 g/mol. The molecule has 2 aromatic heterocycles. The van der Waals surface area contributed by atoms with Crippen molar-refractivity contribution in [3.8, 4) is 22.5 Å². The summed E-state index contributed by atoms with van der Waals surface area (Å²) in [4.78, 5) is 4.71. The Morgan fingerprint density at radius 1 is 0.231 bits per heavy atom. The van der Waals surface area contributed by atoms with E-state index in [1.54, 1.807) is 0 Å². The first-order valence-corrected chi connectivity index (χ1v) is 21.8. The Kier molecular flexibility index (Phi) is 10.0. The number of para-hydroxylation sites is 6. The zero-order valence-electron chi connectivity index (χ0n) is 35.0. The third-order valence-electron chi connectivity index (χ3n) is 12.5. The van der Waals surface area contributed by atoms with Gasteiger partial charge in [-0.15, -0.1) is 0 Å². The van der Waals surface area contributed by atoms with E-state index < -0.39 is 0 Å². The molecule has 0 saturated carbocycles. The Morgan fingerprint density at radius 3 is 0.908 bits per heavy atom. The van der Waals surface area contributed by atoms with Gasteiger partial charge in [-0.1, -0.05) is 141 Å². The van der Waals surface area contributed by atoms with Crippen molar-refractivity contribution in [2.75, 3.05) is 9.80 Å². The highest BCUT2D eigenvalue weighted by Crippen LogP contribution is 2.42. The van der Waals surface area contributed by atoms with Crippen LogP contribution in [-0.4, -0.2) is 9.13 Å². The van der Waals surface area contributed by atoms with Crippen LogP contribution in [0.15, 0.2) is 255 Å². The van der Waals surface area contributed by atoms with Crippen LogP contribution in [0.3, 0.4) is 0 Å². The van der Waals surface area contributed by atoms with Crippen LogP contribution in [0.4, 0.5) is 34.1 Å². The fourth-order valence-electron chi connectivity index (χ4n) is 9.56. The summed E-state index contributed by atoms with van der Waals surface area (Å²) < 4.78 is 4.73. The number of fused-ring (bicyclic) bond motifs is 6. The standard InChI is InChI=1S/C60H42N4.CH4/c1-5-17-45(18-6-1)61(51-37-39-59-55(41-51)53-25-13-15-27-57(53)63(59)47-21-9-3-10-22-47)49-33-29-43(30-34-49)44-31-35-50(36-32-44)62(46-19-7-2-8-20-46)52-38-40-60-56(42-52)54-26-14-16-28-58(54)64(60)48-23-11-4-12-24-48;/h1-42H;1H4. The molecule has 2 heterocycles. The van der Waals surface area contributed by atoms with Crippen molar-refractivity contribution in [3.05, 3.63) is 255 Å². The fourth-order valence-corrected chi connectivity index (χ4v) is 9.56. The minimum atomic E-state index is 0. The minimum Gasteiger partial charge on any atom is -0.310 e. The molecule has 4 heteroatoms. The predicted molar refractivity (Wildman–Crippen MR) is 277 cm³/mol. The monoisotopic (exact) mass is 834 g/mol. The van der Waals surface area contributed by atoms with E-state index >= 15 is 0 Å². The Labute approximate surface area is 379 Å². The number of nitrogens with zero attached hydrogens (tertiary/aromatic N) is 4. The molecule has 0 fully saturated rings. The maximum absolute atomic E-state index is 2.37. The van der Waals surface area contributed by atoms with E-state index in [4.69, 9.17) is 0 Å². The van der Waals surface area contributed by atoms with Crippen molar-refractivity contribution in [2.24, 2.45) is 0 Å². The van der Waals surface area contributed by atoms with Gasteiger partial charge in [0.25, 0.3) is 0 Å². The molecule has 0 aliphatic rings. The van der Waals surface area contributed by atoms with Gasteiger partial charge in [0, 0.05) is 67.0 Å². The summed E-state index contributed by atoms with van der Waals surface area (Å²) in [6.45, 7) is 0. The number of aromatic nitrogens is 2. The second kappa shape index (κ2) is 16.6. The number of rotatable bonds is 9. The van der Waals surface area contributed by atoms with Gasteiger partial charge in [0.15, 0.2) is 0 Å². The van der Waals surface area contributed by atoms with Gasteiger partial charge in [0.05, 0.1) is 22.1 Å². The largest absolute Gasteiger partial charge is 0.310 e. The summed E-state index contributed by atoms with van der Waals surface area (Å²) >= 11 is 0. The lowest BCUT2D eigenvalue weighted by Gasteiger charge is -2.26. The first-order chi connectivity index (χ1) is 31.8. The molecule has 310 valence electrons. The van der Waals surface area contributed by atoms with Crippen LogP contribution < -0.4 is 9.80 Å². The van der Waals surface area contributed by atoms with E-state index in [0.29, 0.717) is 0 Å². The van der Waals surface area contributed by atoms with Crippen LogP contribution in [0.1, 0.15) is 7.43 Å². The van der Waals surface area contributed by atoms with Crippen LogP contribution in [0, 0.1) is 0 Å². The van der Waals surface area contributed by atoms with Gasteiger partial charge in [-0.05, 0) is 132 Å². The minimum absolute atomic E-state index is 0. The molecule has 0 bridgehead atoms. The second-order valence-corrected chi connectivity index (χ2v) is 16.2. The van der Waals surface area contributed by atoms with Crippen molar-refractivity contribution in [1.29, 1.82) is 0 Å². The molecule has 10 aromatic carbocycles. The highest BCUT2D eigenvalue weighted by molar-refractivity contribution is 6.12. The van der Waals surface area contributed by atoms with Gasteiger partial charge >= 0.3 is 0 Å². The third kappa shape index (κ3) is 6.89. The lowest BCUT2D eigenvalue weighted by molar-refractivity contribution is 1.18. The number of anilines is 6. The Morgan fingerprint density at radius 2 is 0.523 bits per heavy atom. The van der Waals surface area contributed by atoms with E-state index in [2.05, 4.69) is 274 Å². The Balaban J connectivity index is 0.00000469. The van der Waals surface area contributed by atoms with Gasteiger partial charge in [0.1, 0.15) is 0 Å². The molecule has 4 nitrogen and oxygen atoms in total. The maximum atomic E-state index is 2.37. The molecule has 0 saturated heterocycles. The molecule has 0 amide bonds. The highest BCUT2D eigenvalue weighted by Gasteiger charge is 2.19. The normalized spacial score (nSPS) is 11.3. The third-order valence-corrected chi connectivity index (χ3v) is 12.5. The van der Waals surface area contributed by atoms with Crippen molar-refractivity contribution in [2.45, 2.75) is 7.43 Å². The van der Waals surface area contributed by atoms with E-state index in [1.807, 2.05) is 0 Å². The predicted octanol–water partition coefficient (Wildman–Crippen LogP) is 17.1. The SMILES string of the molecule is C.c1ccc(N(c2ccc(-c3ccc(N(c4ccccc4)c4ccc5c(c4)c4ccccc4n5-c4ccccc4)cc3)cc2)c2ccc3c(c2)c2ccccc2n3-c2ccccc2)cc1. The van der Waals surface area contributed by atoms with E-state index in [0.717, 1.165) is 56.6 Å². The Bertz CT molecular complexity index is 3330. The van der Waals surface area contributed by atoms with Crippen LogP contribution >= 0.6 is 0 Å². The average molecular weight is 835 g/mol. The summed E-state index contributed by atoms with van der Waals surface area (Å²) in [5, 5.41) is 4.91. The van der Waals surface area contributed by atoms with Gasteiger partial charge in [0.2, 0.25) is 0 Å². The number of hydrogen-bond donors (Lipinski definition) is 0. The van der Waals surface area contributed by atoms with E-state index in [9.17, 15) is 0 Å². The van der Waals surface area contributed by atoms with Gasteiger partial charge in [-0.25, -0.2) is 0 Å². The first kappa shape index (κ1) is 39.3. The molecule has 65 heavy (non-hydrogen) atoms. The molecule has 0 N–H and O–H groups in total. The van der Waals surface area contributed by atoms with E-state index in [-0.39, 0.29) is 7.43 Å². The molecule has 0 aliphatic heterocycles. The summed E-state index contributed by atoms with van der Waals surface area (Å²) in [6, 6.07) is 91.6. The van der Waals surface area contributed by atoms with Crippen LogP contribution in [0.25, 0.3) is 66.1 Å². The molecule has 0 radical (unpaired) electrons. The molecule has 12 rings (SSSR count). The Hall–Kier alpha value is -8.60. The lowest BCUT2D eigenvalue weighted by atomic mass is 10.0. The average Bonchev–Trinajstić information content (AvgIpc) is 3.88. The fraction of sp³-hybridized carbons (Fsp3) is 0.0164. The van der Waals surface area contributed by atoms with Crippen LogP contribution in [0.2, 0.25) is 0 Å². The van der Waals surface area contributed by atoms with Crippen LogP contribution in [-0.2, 0) is 0 Å². The molecule has 0 aliphatic carbocycles. The van der Waals surface area contributed by atoms with Gasteiger partial charge in [-0.3, -0.25) is 0 Å².